The number of pyridine rings is 1. The fourth-order valence-electron chi connectivity index (χ4n) is 4.46. The molecule has 1 saturated heterocycles. The summed E-state index contributed by atoms with van der Waals surface area (Å²) in [7, 11) is 0. The Hall–Kier alpha value is -3.76. The molecule has 2 aromatic heterocycles. The Morgan fingerprint density at radius 3 is 2.46 bits per heavy atom. The molecule has 184 valence electrons. The van der Waals surface area contributed by atoms with Gasteiger partial charge in [0.2, 0.25) is 5.91 Å². The Morgan fingerprint density at radius 2 is 1.77 bits per heavy atom. The number of rotatable bonds is 10. The molecule has 1 aliphatic heterocycles. The first-order valence-corrected chi connectivity index (χ1v) is 11.6. The highest BCUT2D eigenvalue weighted by molar-refractivity contribution is 5.96. The lowest BCUT2D eigenvalue weighted by Crippen LogP contribution is -2.49. The summed E-state index contributed by atoms with van der Waals surface area (Å²) in [5.74, 6) is -2.36. The molecule has 0 bridgehead atoms. The van der Waals surface area contributed by atoms with Crippen molar-refractivity contribution in [1.29, 1.82) is 0 Å². The van der Waals surface area contributed by atoms with Gasteiger partial charge in [-0.05, 0) is 42.3 Å². The maximum absolute atomic E-state index is 12.3. The summed E-state index contributed by atoms with van der Waals surface area (Å²) in [4.78, 5) is 46.6. The molecule has 10 nitrogen and oxygen atoms in total. The minimum atomic E-state index is -1.04. The average molecular weight is 480 g/mol. The number of hydrogen-bond donors (Lipinski definition) is 4. The minimum absolute atomic E-state index is 0.128. The summed E-state index contributed by atoms with van der Waals surface area (Å²) >= 11 is 0. The van der Waals surface area contributed by atoms with Crippen LogP contribution in [0.2, 0.25) is 0 Å². The maximum Gasteiger partial charge on any atom is 0.325 e. The Bertz CT molecular complexity index is 1190. The van der Waals surface area contributed by atoms with Gasteiger partial charge in [0.05, 0.1) is 6.42 Å². The average Bonchev–Trinajstić information content (AvgIpc) is 3.25. The van der Waals surface area contributed by atoms with Gasteiger partial charge in [-0.2, -0.15) is 0 Å². The van der Waals surface area contributed by atoms with Gasteiger partial charge in [0.15, 0.2) is 0 Å². The number of H-pyrrole nitrogens is 1. The second-order valence-electron chi connectivity index (χ2n) is 8.67. The number of carboxylic acid groups (broad SMARTS) is 2. The van der Waals surface area contributed by atoms with E-state index in [1.165, 1.54) is 5.56 Å². The van der Waals surface area contributed by atoms with Crippen LogP contribution in [-0.4, -0.2) is 80.6 Å². The van der Waals surface area contributed by atoms with Crippen LogP contribution in [0.4, 0.5) is 5.69 Å². The first-order chi connectivity index (χ1) is 16.9. The number of nitrogens with one attached hydrogen (secondary N) is 2. The predicted octanol–water partition coefficient (Wildman–Crippen LogP) is 2.35. The largest absolute Gasteiger partial charge is 0.481 e. The maximum atomic E-state index is 12.3. The molecule has 1 amide bonds. The predicted molar refractivity (Wildman–Crippen MR) is 130 cm³/mol. The molecule has 4 rings (SSSR count). The topological polar surface area (TPSA) is 139 Å². The second kappa shape index (κ2) is 11.1. The third kappa shape index (κ3) is 6.23. The third-order valence-electron chi connectivity index (χ3n) is 6.33. The van der Waals surface area contributed by atoms with E-state index in [9.17, 15) is 19.5 Å². The van der Waals surface area contributed by atoms with Crippen molar-refractivity contribution in [1.82, 2.24) is 19.8 Å². The number of fused-ring (bicyclic) bond motifs is 1. The fraction of sp³-hybridized carbons (Fsp3) is 0.360. The summed E-state index contributed by atoms with van der Waals surface area (Å²) in [6.07, 6.45) is 5.84. The van der Waals surface area contributed by atoms with Crippen LogP contribution in [0.25, 0.3) is 10.9 Å². The standard InChI is InChI=1S/C25H29N5O5/c31-22(3-4-23(32)33)28-18-1-2-21-19(15-18)20(16-27-21)24(25(34)35)30-13-11-29(12-14-30)10-7-17-5-8-26-9-6-17/h1-2,5-6,8-9,15-16,24,27H,3-4,7,10-14H2,(H,28,31)(H,32,33)(H,34,35)/t24-/m1/s1. The first kappa shape index (κ1) is 24.4. The number of benzene rings is 1. The zero-order valence-electron chi connectivity index (χ0n) is 19.3. The number of carboxylic acids is 2. The summed E-state index contributed by atoms with van der Waals surface area (Å²) in [5.41, 5.74) is 3.14. The van der Waals surface area contributed by atoms with Crippen LogP contribution in [0.1, 0.15) is 30.0 Å². The normalized spacial score (nSPS) is 15.7. The van der Waals surface area contributed by atoms with Gasteiger partial charge in [0.1, 0.15) is 6.04 Å². The molecule has 4 N–H and O–H groups in total. The van der Waals surface area contributed by atoms with Crippen LogP contribution in [0.3, 0.4) is 0 Å². The van der Waals surface area contributed by atoms with Crippen molar-refractivity contribution in [2.45, 2.75) is 25.3 Å². The highest BCUT2D eigenvalue weighted by Gasteiger charge is 2.32. The van der Waals surface area contributed by atoms with Crippen LogP contribution in [0.5, 0.6) is 0 Å². The molecule has 0 radical (unpaired) electrons. The first-order valence-electron chi connectivity index (χ1n) is 11.6. The number of nitrogens with zero attached hydrogens (tertiary/aromatic N) is 3. The Morgan fingerprint density at radius 1 is 1.03 bits per heavy atom. The van der Waals surface area contributed by atoms with E-state index in [-0.39, 0.29) is 12.8 Å². The summed E-state index contributed by atoms with van der Waals surface area (Å²) in [5, 5.41) is 22.3. The number of amides is 1. The smallest absolute Gasteiger partial charge is 0.325 e. The number of anilines is 1. The van der Waals surface area contributed by atoms with E-state index in [1.54, 1.807) is 36.8 Å². The number of carbonyl (C=O) groups is 3. The van der Waals surface area contributed by atoms with Crippen molar-refractivity contribution in [3.05, 3.63) is 60.0 Å². The molecule has 0 spiro atoms. The number of aliphatic carboxylic acids is 2. The second-order valence-corrected chi connectivity index (χ2v) is 8.67. The molecule has 1 aliphatic rings. The van der Waals surface area contributed by atoms with Crippen molar-refractivity contribution < 1.29 is 24.6 Å². The number of hydrogen-bond acceptors (Lipinski definition) is 6. The molecule has 3 aromatic rings. The minimum Gasteiger partial charge on any atom is -0.481 e. The van der Waals surface area contributed by atoms with Gasteiger partial charge in [-0.25, -0.2) is 0 Å². The summed E-state index contributed by atoms with van der Waals surface area (Å²) < 4.78 is 0. The zero-order valence-corrected chi connectivity index (χ0v) is 19.3. The van der Waals surface area contributed by atoms with Gasteiger partial charge >= 0.3 is 11.9 Å². The third-order valence-corrected chi connectivity index (χ3v) is 6.33. The van der Waals surface area contributed by atoms with Gasteiger partial charge in [-0.15, -0.1) is 0 Å². The number of aromatic amines is 1. The Kier molecular flexibility index (Phi) is 7.74. The molecule has 3 heterocycles. The van der Waals surface area contributed by atoms with E-state index in [1.807, 2.05) is 17.0 Å². The van der Waals surface area contributed by atoms with Crippen molar-refractivity contribution in [2.24, 2.45) is 0 Å². The van der Waals surface area contributed by atoms with E-state index in [0.29, 0.717) is 29.7 Å². The van der Waals surface area contributed by atoms with Crippen LogP contribution in [0, 0.1) is 0 Å². The molecule has 10 heteroatoms. The quantitative estimate of drug-likeness (QED) is 0.348. The number of aromatic nitrogens is 2. The zero-order chi connectivity index (χ0) is 24.8. The Labute approximate surface area is 202 Å². The van der Waals surface area contributed by atoms with E-state index in [0.717, 1.165) is 31.6 Å². The molecule has 0 unspecified atom stereocenters. The van der Waals surface area contributed by atoms with Crippen molar-refractivity contribution in [2.75, 3.05) is 38.0 Å². The van der Waals surface area contributed by atoms with E-state index < -0.39 is 23.9 Å². The van der Waals surface area contributed by atoms with Gasteiger partial charge < -0.3 is 25.4 Å². The fourth-order valence-corrected chi connectivity index (χ4v) is 4.46. The Balaban J connectivity index is 1.43. The van der Waals surface area contributed by atoms with Crippen LogP contribution < -0.4 is 5.32 Å². The lowest BCUT2D eigenvalue weighted by Gasteiger charge is -2.37. The molecule has 35 heavy (non-hydrogen) atoms. The van der Waals surface area contributed by atoms with Gasteiger partial charge in [-0.3, -0.25) is 24.3 Å². The van der Waals surface area contributed by atoms with Gasteiger partial charge in [0.25, 0.3) is 0 Å². The van der Waals surface area contributed by atoms with Crippen LogP contribution in [-0.2, 0) is 20.8 Å². The van der Waals surface area contributed by atoms with Crippen molar-refractivity contribution >= 4 is 34.4 Å². The molecule has 1 fully saturated rings. The lowest BCUT2D eigenvalue weighted by atomic mass is 10.0. The van der Waals surface area contributed by atoms with E-state index in [4.69, 9.17) is 5.11 Å². The van der Waals surface area contributed by atoms with Crippen LogP contribution in [0.15, 0.2) is 48.9 Å². The molecule has 0 aliphatic carbocycles. The molecule has 0 saturated carbocycles. The molecule has 1 aromatic carbocycles. The van der Waals surface area contributed by atoms with Crippen molar-refractivity contribution in [3.63, 3.8) is 0 Å². The van der Waals surface area contributed by atoms with Crippen LogP contribution >= 0.6 is 0 Å². The number of piperazine rings is 1. The number of carbonyl (C=O) groups excluding carboxylic acids is 1. The van der Waals surface area contributed by atoms with Crippen molar-refractivity contribution in [3.8, 4) is 0 Å². The highest BCUT2D eigenvalue weighted by Crippen LogP contribution is 2.31. The highest BCUT2D eigenvalue weighted by atomic mass is 16.4. The molecule has 1 atom stereocenters. The van der Waals surface area contributed by atoms with E-state index >= 15 is 0 Å². The lowest BCUT2D eigenvalue weighted by molar-refractivity contribution is -0.144. The SMILES string of the molecule is O=C(O)CCC(=O)Nc1ccc2[nH]cc([C@H](C(=O)O)N3CCN(CCc4ccncc4)CC3)c2c1. The molecular weight excluding hydrogens is 450 g/mol. The summed E-state index contributed by atoms with van der Waals surface area (Å²) in [6.45, 7) is 3.73. The monoisotopic (exact) mass is 479 g/mol. The van der Waals surface area contributed by atoms with Gasteiger partial charge in [-0.1, -0.05) is 0 Å². The van der Waals surface area contributed by atoms with Gasteiger partial charge in [0, 0.05) is 79.9 Å². The molecular formula is C25H29N5O5. The summed E-state index contributed by atoms with van der Waals surface area (Å²) in [6, 6.07) is 8.43. The van der Waals surface area contributed by atoms with E-state index in [2.05, 4.69) is 20.2 Å².